The van der Waals surface area contributed by atoms with E-state index in [9.17, 15) is 9.59 Å². The predicted octanol–water partition coefficient (Wildman–Crippen LogP) is 1.68. The van der Waals surface area contributed by atoms with E-state index in [4.69, 9.17) is 0 Å². The van der Waals surface area contributed by atoms with Gasteiger partial charge in [0.2, 0.25) is 0 Å². The molecule has 6 heteroatoms. The smallest absolute Gasteiger partial charge is 0.319 e. The van der Waals surface area contributed by atoms with Crippen LogP contribution in [0.25, 0.3) is 0 Å². The van der Waals surface area contributed by atoms with Crippen molar-refractivity contribution in [2.75, 3.05) is 27.2 Å². The van der Waals surface area contributed by atoms with Crippen molar-refractivity contribution in [3.05, 3.63) is 35.9 Å². The first-order chi connectivity index (χ1) is 12.1. The Morgan fingerprint density at radius 2 is 1.72 bits per heavy atom. The molecule has 6 nitrogen and oxygen atoms in total. The van der Waals surface area contributed by atoms with Gasteiger partial charge in [-0.2, -0.15) is 0 Å². The molecule has 2 N–H and O–H groups in total. The molecular formula is C19H28N4O2. The largest absolute Gasteiger partial charge is 0.351 e. The van der Waals surface area contributed by atoms with E-state index in [0.717, 1.165) is 32.2 Å². The minimum Gasteiger partial charge on any atom is -0.351 e. The summed E-state index contributed by atoms with van der Waals surface area (Å²) in [5.41, 5.74) is 0.691. The zero-order chi connectivity index (χ0) is 17.8. The van der Waals surface area contributed by atoms with Gasteiger partial charge in [0.1, 0.15) is 0 Å². The minimum atomic E-state index is -0.0335. The number of benzene rings is 1. The Hall–Kier alpha value is -2.08. The summed E-state index contributed by atoms with van der Waals surface area (Å²) in [5.74, 6) is -0.0335. The van der Waals surface area contributed by atoms with Gasteiger partial charge in [-0.3, -0.25) is 4.79 Å². The Bertz CT molecular complexity index is 591. The van der Waals surface area contributed by atoms with Crippen molar-refractivity contribution in [3.8, 4) is 0 Å². The van der Waals surface area contributed by atoms with Crippen LogP contribution in [-0.2, 0) is 0 Å². The molecule has 0 aliphatic carbocycles. The van der Waals surface area contributed by atoms with E-state index in [-0.39, 0.29) is 11.9 Å². The molecule has 2 bridgehead atoms. The molecular weight excluding hydrogens is 316 g/mol. The second-order valence-electron chi connectivity index (χ2n) is 7.21. The molecule has 0 aromatic heterocycles. The van der Waals surface area contributed by atoms with Crippen LogP contribution in [0.15, 0.2) is 30.3 Å². The summed E-state index contributed by atoms with van der Waals surface area (Å²) in [6.45, 7) is 1.37. The molecule has 2 aliphatic rings. The highest BCUT2D eigenvalue weighted by atomic mass is 16.2. The third-order valence-electron chi connectivity index (χ3n) is 5.22. The lowest BCUT2D eigenvalue weighted by Gasteiger charge is -2.40. The normalized spacial score (nSPS) is 24.9. The quantitative estimate of drug-likeness (QED) is 0.799. The van der Waals surface area contributed by atoms with E-state index in [0.29, 0.717) is 30.2 Å². The molecule has 3 rings (SSSR count). The summed E-state index contributed by atoms with van der Waals surface area (Å²) in [6, 6.07) is 10.5. The van der Waals surface area contributed by atoms with Gasteiger partial charge >= 0.3 is 6.03 Å². The van der Waals surface area contributed by atoms with Crippen molar-refractivity contribution in [2.45, 2.75) is 43.8 Å². The van der Waals surface area contributed by atoms with Crippen molar-refractivity contribution in [2.24, 2.45) is 0 Å². The van der Waals surface area contributed by atoms with Gasteiger partial charge in [-0.1, -0.05) is 18.2 Å². The van der Waals surface area contributed by atoms with Crippen LogP contribution in [-0.4, -0.2) is 67.0 Å². The van der Waals surface area contributed by atoms with Crippen LogP contribution < -0.4 is 10.6 Å². The van der Waals surface area contributed by atoms with Crippen LogP contribution in [0, 0.1) is 0 Å². The molecule has 0 spiro atoms. The second-order valence-corrected chi connectivity index (χ2v) is 7.21. The number of piperidine rings is 1. The fraction of sp³-hybridized carbons (Fsp3) is 0.579. The average molecular weight is 344 g/mol. The topological polar surface area (TPSA) is 64.7 Å². The van der Waals surface area contributed by atoms with Gasteiger partial charge < -0.3 is 20.4 Å². The van der Waals surface area contributed by atoms with Crippen LogP contribution in [0.3, 0.4) is 0 Å². The number of nitrogens with zero attached hydrogens (tertiary/aromatic N) is 2. The Kier molecular flexibility index (Phi) is 5.58. The van der Waals surface area contributed by atoms with Crippen molar-refractivity contribution in [1.29, 1.82) is 0 Å². The molecule has 136 valence electrons. The van der Waals surface area contributed by atoms with Gasteiger partial charge in [0.05, 0.1) is 0 Å². The maximum absolute atomic E-state index is 12.3. The zero-order valence-corrected chi connectivity index (χ0v) is 15.1. The van der Waals surface area contributed by atoms with E-state index in [1.807, 2.05) is 44.4 Å². The predicted molar refractivity (Wildman–Crippen MR) is 97.5 cm³/mol. The summed E-state index contributed by atoms with van der Waals surface area (Å²) >= 11 is 0. The zero-order valence-electron chi connectivity index (χ0n) is 15.1. The fourth-order valence-electron chi connectivity index (χ4n) is 4.03. The van der Waals surface area contributed by atoms with Crippen molar-refractivity contribution >= 4 is 11.9 Å². The lowest BCUT2D eigenvalue weighted by Crippen LogP contribution is -2.54. The van der Waals surface area contributed by atoms with Crippen molar-refractivity contribution in [1.82, 2.24) is 20.4 Å². The second kappa shape index (κ2) is 7.87. The lowest BCUT2D eigenvalue weighted by atomic mass is 9.97. The Morgan fingerprint density at radius 1 is 1.08 bits per heavy atom. The third kappa shape index (κ3) is 4.12. The van der Waals surface area contributed by atoms with Crippen LogP contribution in [0.1, 0.15) is 36.0 Å². The molecule has 0 radical (unpaired) electrons. The van der Waals surface area contributed by atoms with Gasteiger partial charge in [0.15, 0.2) is 0 Å². The summed E-state index contributed by atoms with van der Waals surface area (Å²) in [5, 5.41) is 6.50. The summed E-state index contributed by atoms with van der Waals surface area (Å²) in [7, 11) is 3.64. The first kappa shape index (κ1) is 17.7. The molecule has 1 aromatic rings. The maximum Gasteiger partial charge on any atom is 0.319 e. The van der Waals surface area contributed by atoms with Crippen LogP contribution >= 0.6 is 0 Å². The molecule has 3 amide bonds. The van der Waals surface area contributed by atoms with Crippen LogP contribution in [0.5, 0.6) is 0 Å². The number of rotatable bonds is 5. The van der Waals surface area contributed by atoms with Crippen LogP contribution in [0.2, 0.25) is 0 Å². The molecule has 25 heavy (non-hydrogen) atoms. The van der Waals surface area contributed by atoms with E-state index >= 15 is 0 Å². The van der Waals surface area contributed by atoms with E-state index in [1.165, 1.54) is 0 Å². The van der Waals surface area contributed by atoms with E-state index < -0.39 is 0 Å². The number of fused-ring (bicyclic) bond motifs is 2. The number of amides is 3. The first-order valence-electron chi connectivity index (χ1n) is 9.12. The number of hydrogen-bond donors (Lipinski definition) is 2. The summed E-state index contributed by atoms with van der Waals surface area (Å²) in [4.78, 5) is 28.1. The SMILES string of the molecule is CN(C)C(=O)N1[C@@H]2CC[C@H]1CC(NCCNC(=O)c1ccccc1)C2. The number of carbonyl (C=O) groups is 2. The van der Waals surface area contributed by atoms with E-state index in [2.05, 4.69) is 15.5 Å². The molecule has 1 unspecified atom stereocenters. The Balaban J connectivity index is 1.41. The lowest BCUT2D eigenvalue weighted by molar-refractivity contribution is 0.0949. The molecule has 3 atom stereocenters. The number of urea groups is 1. The average Bonchev–Trinajstić information content (AvgIpc) is 2.88. The molecule has 1 aromatic carbocycles. The minimum absolute atomic E-state index is 0.0335. The summed E-state index contributed by atoms with van der Waals surface area (Å²) in [6.07, 6.45) is 4.21. The standard InChI is InChI=1S/C19H28N4O2/c1-22(2)19(25)23-16-8-9-17(23)13-15(12-16)20-10-11-21-18(24)14-6-4-3-5-7-14/h3-7,15-17,20H,8-13H2,1-2H3,(H,21,24)/t15?,16-,17+. The third-order valence-corrected chi connectivity index (χ3v) is 5.22. The maximum atomic E-state index is 12.3. The molecule has 2 saturated heterocycles. The van der Waals surface area contributed by atoms with Gasteiger partial charge in [-0.05, 0) is 37.8 Å². The van der Waals surface area contributed by atoms with Gasteiger partial charge in [-0.15, -0.1) is 0 Å². The monoisotopic (exact) mass is 344 g/mol. The van der Waals surface area contributed by atoms with Crippen LogP contribution in [0.4, 0.5) is 4.79 Å². The Labute approximate surface area is 149 Å². The van der Waals surface area contributed by atoms with Crippen molar-refractivity contribution in [3.63, 3.8) is 0 Å². The van der Waals surface area contributed by atoms with E-state index in [1.54, 1.807) is 4.90 Å². The molecule has 2 aliphatic heterocycles. The highest BCUT2D eigenvalue weighted by Crippen LogP contribution is 2.36. The molecule has 0 saturated carbocycles. The highest BCUT2D eigenvalue weighted by molar-refractivity contribution is 5.94. The number of nitrogens with one attached hydrogen (secondary N) is 2. The van der Waals surface area contributed by atoms with Gasteiger partial charge in [-0.25, -0.2) is 4.79 Å². The first-order valence-corrected chi connectivity index (χ1v) is 9.12. The molecule has 2 heterocycles. The summed E-state index contributed by atoms with van der Waals surface area (Å²) < 4.78 is 0. The number of hydrogen-bond acceptors (Lipinski definition) is 3. The molecule has 2 fully saturated rings. The van der Waals surface area contributed by atoms with Gasteiger partial charge in [0.25, 0.3) is 5.91 Å². The number of carbonyl (C=O) groups excluding carboxylic acids is 2. The fourth-order valence-corrected chi connectivity index (χ4v) is 4.03. The van der Waals surface area contributed by atoms with Gasteiger partial charge in [0, 0.05) is 50.9 Å². The Morgan fingerprint density at radius 3 is 2.32 bits per heavy atom. The van der Waals surface area contributed by atoms with Crippen molar-refractivity contribution < 1.29 is 9.59 Å². The highest BCUT2D eigenvalue weighted by Gasteiger charge is 2.43.